The van der Waals surface area contributed by atoms with Gasteiger partial charge in [-0.05, 0) is 92.8 Å². The quantitative estimate of drug-likeness (QED) is 0.277. The van der Waals surface area contributed by atoms with Gasteiger partial charge in [-0.3, -0.25) is 9.66 Å². The molecule has 1 aliphatic heterocycles. The third kappa shape index (κ3) is 4.59. The zero-order chi connectivity index (χ0) is 26.9. The van der Waals surface area contributed by atoms with Crippen molar-refractivity contribution in [2.75, 3.05) is 12.0 Å². The fraction of sp³-hybridized carbons (Fsp3) is 0.172. The predicted molar refractivity (Wildman–Crippen MR) is 152 cm³/mol. The first-order chi connectivity index (χ1) is 19.0. The number of thiocarbonyl (C=S) groups is 1. The molecule has 0 bridgehead atoms. The van der Waals surface area contributed by atoms with Gasteiger partial charge in [0.2, 0.25) is 0 Å². The molecule has 2 atom stereocenters. The van der Waals surface area contributed by atoms with E-state index in [1.807, 2.05) is 77.6 Å². The van der Waals surface area contributed by atoms with Gasteiger partial charge in [0.05, 0.1) is 24.9 Å². The molecule has 0 aliphatic carbocycles. The van der Waals surface area contributed by atoms with Crippen LogP contribution in [0.15, 0.2) is 91.6 Å². The number of hydrogen-bond donors (Lipinski definition) is 1. The SMILES string of the molecule is COc1ccc(Oc2ccc(N3C(=S)N[C@@H](c4ccccn4)[C@@H]3c3cc(C)n(-n4cnnc4)c3C)cc2)cc1. The lowest BCUT2D eigenvalue weighted by Crippen LogP contribution is -2.29. The van der Waals surface area contributed by atoms with Crippen molar-refractivity contribution in [2.45, 2.75) is 25.9 Å². The van der Waals surface area contributed by atoms with E-state index in [9.17, 15) is 0 Å². The molecule has 2 aromatic carbocycles. The number of pyridine rings is 1. The molecule has 1 fully saturated rings. The van der Waals surface area contributed by atoms with Crippen LogP contribution in [0.1, 0.15) is 34.7 Å². The van der Waals surface area contributed by atoms with Crippen LogP contribution in [0.3, 0.4) is 0 Å². The maximum Gasteiger partial charge on any atom is 0.174 e. The minimum absolute atomic E-state index is 0.141. The van der Waals surface area contributed by atoms with E-state index >= 15 is 0 Å². The second-order valence-electron chi connectivity index (χ2n) is 9.25. The van der Waals surface area contributed by atoms with Gasteiger partial charge in [-0.2, -0.15) is 0 Å². The molecule has 39 heavy (non-hydrogen) atoms. The molecule has 0 radical (unpaired) electrons. The molecule has 0 spiro atoms. The molecule has 0 amide bonds. The van der Waals surface area contributed by atoms with Gasteiger partial charge in [-0.1, -0.05) is 6.07 Å². The first-order valence-electron chi connectivity index (χ1n) is 12.5. The zero-order valence-electron chi connectivity index (χ0n) is 21.7. The molecule has 196 valence electrons. The van der Waals surface area contributed by atoms with Crippen LogP contribution < -0.4 is 19.7 Å². The van der Waals surface area contributed by atoms with Gasteiger partial charge >= 0.3 is 0 Å². The minimum Gasteiger partial charge on any atom is -0.497 e. The molecule has 4 heterocycles. The molecule has 10 heteroatoms. The van der Waals surface area contributed by atoms with Crippen LogP contribution in [0.4, 0.5) is 5.69 Å². The summed E-state index contributed by atoms with van der Waals surface area (Å²) < 4.78 is 15.3. The summed E-state index contributed by atoms with van der Waals surface area (Å²) in [6.45, 7) is 4.17. The number of benzene rings is 2. The second-order valence-corrected chi connectivity index (χ2v) is 9.63. The number of methoxy groups -OCH3 is 1. The summed E-state index contributed by atoms with van der Waals surface area (Å²) in [7, 11) is 1.64. The maximum absolute atomic E-state index is 6.05. The van der Waals surface area contributed by atoms with E-state index in [2.05, 4.69) is 50.0 Å². The van der Waals surface area contributed by atoms with Crippen molar-refractivity contribution >= 4 is 23.0 Å². The van der Waals surface area contributed by atoms with Gasteiger partial charge in [0.15, 0.2) is 5.11 Å². The normalized spacial score (nSPS) is 16.8. The van der Waals surface area contributed by atoms with Crippen molar-refractivity contribution < 1.29 is 9.47 Å². The Morgan fingerprint density at radius 3 is 2.18 bits per heavy atom. The summed E-state index contributed by atoms with van der Waals surface area (Å²) in [5, 5.41) is 12.2. The number of hydrogen-bond acceptors (Lipinski definition) is 6. The van der Waals surface area contributed by atoms with Crippen LogP contribution in [-0.4, -0.2) is 36.8 Å². The fourth-order valence-electron chi connectivity index (χ4n) is 5.13. The average molecular weight is 538 g/mol. The number of aryl methyl sites for hydroxylation is 1. The van der Waals surface area contributed by atoms with E-state index in [1.54, 1.807) is 19.8 Å². The van der Waals surface area contributed by atoms with Crippen molar-refractivity contribution in [3.63, 3.8) is 0 Å². The Labute approximate surface area is 231 Å². The summed E-state index contributed by atoms with van der Waals surface area (Å²) in [6, 6.07) is 23.3. The summed E-state index contributed by atoms with van der Waals surface area (Å²) in [5.41, 5.74) is 5.12. The lowest BCUT2D eigenvalue weighted by Gasteiger charge is -2.28. The van der Waals surface area contributed by atoms with E-state index in [-0.39, 0.29) is 12.1 Å². The predicted octanol–water partition coefficient (Wildman–Crippen LogP) is 5.38. The van der Waals surface area contributed by atoms with Gasteiger partial charge < -0.3 is 19.7 Å². The van der Waals surface area contributed by atoms with E-state index in [4.69, 9.17) is 21.7 Å². The van der Waals surface area contributed by atoms with Gasteiger partial charge in [-0.15, -0.1) is 10.2 Å². The molecule has 5 aromatic rings. The molecule has 0 unspecified atom stereocenters. The Morgan fingerprint density at radius 1 is 0.872 bits per heavy atom. The third-order valence-electron chi connectivity index (χ3n) is 6.90. The van der Waals surface area contributed by atoms with E-state index in [0.29, 0.717) is 5.11 Å². The van der Waals surface area contributed by atoms with Crippen LogP contribution in [0, 0.1) is 13.8 Å². The Morgan fingerprint density at radius 2 is 1.54 bits per heavy atom. The minimum atomic E-state index is -0.149. The van der Waals surface area contributed by atoms with Gasteiger partial charge in [0, 0.05) is 28.8 Å². The van der Waals surface area contributed by atoms with E-state index in [0.717, 1.165) is 45.6 Å². The summed E-state index contributed by atoms with van der Waals surface area (Å²) in [5.74, 6) is 2.24. The van der Waals surface area contributed by atoms with Gasteiger partial charge in [-0.25, -0.2) is 4.68 Å². The first-order valence-corrected chi connectivity index (χ1v) is 12.9. The molecular formula is C29H27N7O2S. The van der Waals surface area contributed by atoms with E-state index in [1.165, 1.54) is 0 Å². The van der Waals surface area contributed by atoms with Gasteiger partial charge in [0.25, 0.3) is 0 Å². The van der Waals surface area contributed by atoms with Crippen LogP contribution in [0.5, 0.6) is 17.2 Å². The first kappa shape index (κ1) is 24.6. The lowest BCUT2D eigenvalue weighted by molar-refractivity contribution is 0.413. The smallest absolute Gasteiger partial charge is 0.174 e. The van der Waals surface area contributed by atoms with Crippen molar-refractivity contribution in [1.29, 1.82) is 0 Å². The Bertz CT molecular complexity index is 1580. The average Bonchev–Trinajstić information content (AvgIpc) is 3.68. The molecular weight excluding hydrogens is 510 g/mol. The molecule has 1 saturated heterocycles. The highest BCUT2D eigenvalue weighted by Gasteiger charge is 2.42. The van der Waals surface area contributed by atoms with Crippen LogP contribution in [-0.2, 0) is 0 Å². The Hall–Kier alpha value is -4.70. The number of nitrogens with one attached hydrogen (secondary N) is 1. The van der Waals surface area contributed by atoms with E-state index < -0.39 is 0 Å². The van der Waals surface area contributed by atoms with Crippen molar-refractivity contribution in [3.8, 4) is 17.2 Å². The third-order valence-corrected chi connectivity index (χ3v) is 7.21. The molecule has 6 rings (SSSR count). The molecule has 3 aromatic heterocycles. The van der Waals surface area contributed by atoms with Crippen LogP contribution in [0.25, 0.3) is 0 Å². The summed E-state index contributed by atoms with van der Waals surface area (Å²) in [6.07, 6.45) is 5.19. The van der Waals surface area contributed by atoms with Crippen LogP contribution >= 0.6 is 12.2 Å². The van der Waals surface area contributed by atoms with Crippen molar-refractivity contribution in [3.05, 3.63) is 114 Å². The highest BCUT2D eigenvalue weighted by atomic mass is 32.1. The second kappa shape index (κ2) is 10.2. The summed E-state index contributed by atoms with van der Waals surface area (Å²) >= 11 is 5.91. The van der Waals surface area contributed by atoms with Crippen LogP contribution in [0.2, 0.25) is 0 Å². The Kier molecular flexibility index (Phi) is 6.45. The molecule has 0 saturated carbocycles. The number of rotatable bonds is 7. The molecule has 1 N–H and O–H groups in total. The number of anilines is 1. The van der Waals surface area contributed by atoms with Crippen molar-refractivity contribution in [2.24, 2.45) is 0 Å². The monoisotopic (exact) mass is 537 g/mol. The van der Waals surface area contributed by atoms with Crippen molar-refractivity contribution in [1.82, 2.24) is 29.9 Å². The number of aromatic nitrogens is 5. The highest BCUT2D eigenvalue weighted by Crippen LogP contribution is 2.43. The zero-order valence-corrected chi connectivity index (χ0v) is 22.5. The lowest BCUT2D eigenvalue weighted by atomic mass is 9.96. The Balaban J connectivity index is 1.37. The standard InChI is InChI=1S/C29H27N7O2S/c1-19-16-25(20(2)36(19)34-17-31-32-18-34)28-27(26-6-4-5-15-30-26)33-29(39)35(28)21-7-9-23(10-8-21)38-24-13-11-22(37-3)12-14-24/h4-18,27-28H,1-3H3,(H,33,39)/t27-,28-/m0/s1. The largest absolute Gasteiger partial charge is 0.497 e. The number of nitrogens with zero attached hydrogens (tertiary/aromatic N) is 6. The number of ether oxygens (including phenoxy) is 2. The maximum atomic E-state index is 6.05. The summed E-state index contributed by atoms with van der Waals surface area (Å²) in [4.78, 5) is 6.83. The highest BCUT2D eigenvalue weighted by molar-refractivity contribution is 7.80. The molecule has 9 nitrogen and oxygen atoms in total. The molecule has 1 aliphatic rings. The van der Waals surface area contributed by atoms with Gasteiger partial charge in [0.1, 0.15) is 29.9 Å². The fourth-order valence-corrected chi connectivity index (χ4v) is 5.48. The topological polar surface area (TPSA) is 82.3 Å².